The highest BCUT2D eigenvalue weighted by atomic mass is 32.2. The Bertz CT molecular complexity index is 1030. The molecule has 0 radical (unpaired) electrons. The normalized spacial score (nSPS) is 17.3. The van der Waals surface area contributed by atoms with Gasteiger partial charge in [-0.05, 0) is 36.8 Å². The van der Waals surface area contributed by atoms with Gasteiger partial charge in [0.05, 0.1) is 5.75 Å². The molecule has 0 unspecified atom stereocenters. The number of piperazine rings is 1. The molecule has 0 atom stereocenters. The molecule has 0 spiro atoms. The Morgan fingerprint density at radius 3 is 2.67 bits per heavy atom. The Labute approximate surface area is 185 Å². The van der Waals surface area contributed by atoms with Crippen LogP contribution in [0.15, 0.2) is 41.7 Å². The van der Waals surface area contributed by atoms with E-state index < -0.39 is 0 Å². The van der Waals surface area contributed by atoms with Crippen LogP contribution in [-0.2, 0) is 24.2 Å². The first-order chi connectivity index (χ1) is 14.8. The minimum Gasteiger partial charge on any atom is -0.339 e. The first-order valence-corrected chi connectivity index (χ1v) is 12.5. The van der Waals surface area contributed by atoms with Gasteiger partial charge in [-0.15, -0.1) is 11.3 Å². The molecular weight excluding hydrogens is 412 g/mol. The molecule has 30 heavy (non-hydrogen) atoms. The number of thiophene rings is 1. The van der Waals surface area contributed by atoms with Crippen molar-refractivity contribution >= 4 is 39.2 Å². The van der Waals surface area contributed by atoms with Gasteiger partial charge in [0.2, 0.25) is 5.91 Å². The second kappa shape index (κ2) is 9.04. The Morgan fingerprint density at radius 2 is 1.83 bits per heavy atom. The van der Waals surface area contributed by atoms with Crippen molar-refractivity contribution in [3.63, 3.8) is 0 Å². The maximum atomic E-state index is 12.8. The summed E-state index contributed by atoms with van der Waals surface area (Å²) in [4.78, 5) is 28.9. The Kier molecular flexibility index (Phi) is 6.02. The minimum absolute atomic E-state index is 0.218. The zero-order valence-electron chi connectivity index (χ0n) is 17.0. The highest BCUT2D eigenvalue weighted by molar-refractivity contribution is 8.00. The van der Waals surface area contributed by atoms with E-state index in [2.05, 4.69) is 45.2 Å². The summed E-state index contributed by atoms with van der Waals surface area (Å²) in [5, 5.41) is 2.19. The fourth-order valence-electron chi connectivity index (χ4n) is 4.39. The third-order valence-electron chi connectivity index (χ3n) is 6.02. The number of benzene rings is 1. The molecule has 0 N–H and O–H groups in total. The molecule has 1 aliphatic carbocycles. The molecule has 2 aliphatic rings. The largest absolute Gasteiger partial charge is 0.339 e. The fourth-order valence-corrected chi connectivity index (χ4v) is 6.61. The smallest absolute Gasteiger partial charge is 0.233 e. The highest BCUT2D eigenvalue weighted by Gasteiger charge is 2.23. The van der Waals surface area contributed by atoms with Crippen LogP contribution in [0.3, 0.4) is 0 Å². The lowest BCUT2D eigenvalue weighted by molar-refractivity contribution is -0.130. The van der Waals surface area contributed by atoms with Gasteiger partial charge in [0.25, 0.3) is 0 Å². The van der Waals surface area contributed by atoms with Crippen molar-refractivity contribution in [3.8, 4) is 0 Å². The van der Waals surface area contributed by atoms with Crippen molar-refractivity contribution in [2.24, 2.45) is 0 Å². The van der Waals surface area contributed by atoms with Gasteiger partial charge in [-0.1, -0.05) is 42.1 Å². The van der Waals surface area contributed by atoms with Gasteiger partial charge >= 0.3 is 0 Å². The topological polar surface area (TPSA) is 49.3 Å². The van der Waals surface area contributed by atoms with Crippen molar-refractivity contribution < 1.29 is 4.79 Å². The van der Waals surface area contributed by atoms with Crippen LogP contribution in [0, 0.1) is 0 Å². The van der Waals surface area contributed by atoms with Gasteiger partial charge in [-0.3, -0.25) is 9.69 Å². The number of aromatic nitrogens is 2. The van der Waals surface area contributed by atoms with E-state index in [1.165, 1.54) is 34.2 Å². The van der Waals surface area contributed by atoms with Crippen molar-refractivity contribution in [2.45, 2.75) is 37.3 Å². The summed E-state index contributed by atoms with van der Waals surface area (Å²) in [7, 11) is 0. The monoisotopic (exact) mass is 438 g/mol. The molecule has 1 amide bonds. The highest BCUT2D eigenvalue weighted by Crippen LogP contribution is 2.39. The Morgan fingerprint density at radius 1 is 1.03 bits per heavy atom. The SMILES string of the molecule is O=C(CSc1ncnc2sc3c(c12)CCCC3)N1CCN(Cc2ccccc2)CC1. The molecule has 0 saturated carbocycles. The van der Waals surface area contributed by atoms with Crippen molar-refractivity contribution in [3.05, 3.63) is 52.7 Å². The molecule has 5 nitrogen and oxygen atoms in total. The number of fused-ring (bicyclic) bond motifs is 3. The minimum atomic E-state index is 0.218. The number of carbonyl (C=O) groups excluding carboxylic acids is 1. The molecule has 1 fully saturated rings. The third-order valence-corrected chi connectivity index (χ3v) is 8.20. The van der Waals surface area contributed by atoms with Crippen LogP contribution in [0.2, 0.25) is 0 Å². The fraction of sp³-hybridized carbons (Fsp3) is 0.435. The Hall–Kier alpha value is -1.96. The van der Waals surface area contributed by atoms with E-state index in [-0.39, 0.29) is 5.91 Å². The van der Waals surface area contributed by atoms with Gasteiger partial charge in [0, 0.05) is 43.0 Å². The maximum Gasteiger partial charge on any atom is 0.233 e. The van der Waals surface area contributed by atoms with Crippen LogP contribution in [-0.4, -0.2) is 57.6 Å². The molecule has 7 heteroatoms. The second-order valence-corrected chi connectivity index (χ2v) is 10.0. The average molecular weight is 439 g/mol. The van der Waals surface area contributed by atoms with Gasteiger partial charge in [0.15, 0.2) is 0 Å². The van der Waals surface area contributed by atoms with Gasteiger partial charge in [-0.2, -0.15) is 0 Å². The van der Waals surface area contributed by atoms with Crippen LogP contribution in [0.1, 0.15) is 28.8 Å². The predicted octanol–water partition coefficient (Wildman–Crippen LogP) is 4.01. The van der Waals surface area contributed by atoms with E-state index in [9.17, 15) is 4.79 Å². The van der Waals surface area contributed by atoms with Crippen molar-refractivity contribution in [2.75, 3.05) is 31.9 Å². The summed E-state index contributed by atoms with van der Waals surface area (Å²) in [6.45, 7) is 4.43. The molecule has 2 aromatic heterocycles. The first-order valence-electron chi connectivity index (χ1n) is 10.7. The number of nitrogens with zero attached hydrogens (tertiary/aromatic N) is 4. The number of amides is 1. The van der Waals surface area contributed by atoms with Crippen LogP contribution >= 0.6 is 23.1 Å². The van der Waals surface area contributed by atoms with Gasteiger partial charge in [0.1, 0.15) is 16.2 Å². The first kappa shape index (κ1) is 20.0. The zero-order chi connectivity index (χ0) is 20.3. The van der Waals surface area contributed by atoms with E-state index in [1.54, 1.807) is 18.1 Å². The second-order valence-electron chi connectivity index (χ2n) is 8.00. The number of thioether (sulfide) groups is 1. The van der Waals surface area contributed by atoms with Crippen LogP contribution in [0.4, 0.5) is 0 Å². The molecule has 3 aromatic rings. The molecule has 0 bridgehead atoms. The molecule has 156 valence electrons. The van der Waals surface area contributed by atoms with Crippen LogP contribution < -0.4 is 0 Å². The summed E-state index contributed by atoms with van der Waals surface area (Å²) in [6.07, 6.45) is 6.44. The van der Waals surface area contributed by atoms with Crippen molar-refractivity contribution in [1.82, 2.24) is 19.8 Å². The van der Waals surface area contributed by atoms with Gasteiger partial charge < -0.3 is 4.90 Å². The third kappa shape index (κ3) is 4.24. The number of hydrogen-bond acceptors (Lipinski definition) is 6. The number of aryl methyl sites for hydroxylation is 2. The number of rotatable bonds is 5. The summed E-state index contributed by atoms with van der Waals surface area (Å²) in [6, 6.07) is 10.6. The molecule has 1 saturated heterocycles. The number of hydrogen-bond donors (Lipinski definition) is 0. The standard InChI is InChI=1S/C23H26N4OS2/c28-20(27-12-10-26(11-13-27)14-17-6-2-1-3-7-17)15-29-22-21-18-8-4-5-9-19(18)30-23(21)25-16-24-22/h1-3,6-7,16H,4-5,8-15H2. The van der Waals surface area contributed by atoms with Crippen LogP contribution in [0.25, 0.3) is 10.2 Å². The zero-order valence-corrected chi connectivity index (χ0v) is 18.7. The lowest BCUT2D eigenvalue weighted by Gasteiger charge is -2.34. The predicted molar refractivity (Wildman–Crippen MR) is 123 cm³/mol. The summed E-state index contributed by atoms with van der Waals surface area (Å²) < 4.78 is 0. The van der Waals surface area contributed by atoms with E-state index in [1.807, 2.05) is 16.2 Å². The Balaban J connectivity index is 1.19. The molecular formula is C23H26N4OS2. The molecule has 1 aliphatic heterocycles. The lowest BCUT2D eigenvalue weighted by atomic mass is 9.97. The summed E-state index contributed by atoms with van der Waals surface area (Å²) in [5.41, 5.74) is 2.77. The molecule has 3 heterocycles. The summed E-state index contributed by atoms with van der Waals surface area (Å²) >= 11 is 3.40. The van der Waals surface area contributed by atoms with Crippen LogP contribution in [0.5, 0.6) is 0 Å². The van der Waals surface area contributed by atoms with E-state index in [0.29, 0.717) is 5.75 Å². The average Bonchev–Trinajstić information content (AvgIpc) is 3.18. The quantitative estimate of drug-likeness (QED) is 0.445. The lowest BCUT2D eigenvalue weighted by Crippen LogP contribution is -2.48. The molecule has 1 aromatic carbocycles. The van der Waals surface area contributed by atoms with Crippen molar-refractivity contribution in [1.29, 1.82) is 0 Å². The van der Waals surface area contributed by atoms with E-state index in [4.69, 9.17) is 0 Å². The van der Waals surface area contributed by atoms with E-state index >= 15 is 0 Å². The van der Waals surface area contributed by atoms with E-state index in [0.717, 1.165) is 55.4 Å². The number of carbonyl (C=O) groups is 1. The molecule has 5 rings (SSSR count). The maximum absolute atomic E-state index is 12.8. The van der Waals surface area contributed by atoms with Gasteiger partial charge in [-0.25, -0.2) is 9.97 Å². The summed E-state index contributed by atoms with van der Waals surface area (Å²) in [5.74, 6) is 0.672.